The molecule has 0 atom stereocenters. The second kappa shape index (κ2) is 12.5. The third-order valence-electron chi connectivity index (χ3n) is 3.92. The summed E-state index contributed by atoms with van der Waals surface area (Å²) >= 11 is 3.46. The predicted octanol–water partition coefficient (Wildman–Crippen LogP) is 4.27. The summed E-state index contributed by atoms with van der Waals surface area (Å²) in [5.74, 6) is 0.481. The van der Waals surface area contributed by atoms with E-state index in [9.17, 15) is 14.9 Å². The van der Waals surface area contributed by atoms with Crippen LogP contribution in [0.4, 0.5) is 11.4 Å². The highest BCUT2D eigenvalue weighted by atomic mass is 79.9. The van der Waals surface area contributed by atoms with Gasteiger partial charge in [0.15, 0.2) is 6.61 Å². The van der Waals surface area contributed by atoms with E-state index in [0.717, 1.165) is 15.7 Å². The molecule has 1 amide bonds. The third kappa shape index (κ3) is 9.99. The molecule has 0 heterocycles. The summed E-state index contributed by atoms with van der Waals surface area (Å²) in [6, 6.07) is 12.0. The average Bonchev–Trinajstić information content (AvgIpc) is 2.66. The number of anilines is 1. The normalized spacial score (nSPS) is 10.7. The Hall–Kier alpha value is -2.36. The Morgan fingerprint density at radius 2 is 1.81 bits per heavy atom. The van der Waals surface area contributed by atoms with Crippen molar-refractivity contribution in [1.82, 2.24) is 10.6 Å². The molecular formula is C21H28BrClN4O4. The lowest BCUT2D eigenvalue weighted by molar-refractivity contribution is -0.384. The van der Waals surface area contributed by atoms with Crippen LogP contribution in [0.3, 0.4) is 0 Å². The van der Waals surface area contributed by atoms with E-state index in [4.69, 9.17) is 4.74 Å². The lowest BCUT2D eigenvalue weighted by Crippen LogP contribution is -2.43. The van der Waals surface area contributed by atoms with Crippen LogP contribution in [0.25, 0.3) is 0 Å². The van der Waals surface area contributed by atoms with Gasteiger partial charge in [-0.2, -0.15) is 0 Å². The van der Waals surface area contributed by atoms with Gasteiger partial charge in [0.05, 0.1) is 4.92 Å². The maximum atomic E-state index is 12.0. The van der Waals surface area contributed by atoms with Gasteiger partial charge in [0.25, 0.3) is 11.6 Å². The number of non-ortho nitro benzene ring substituents is 1. The number of ether oxygens (including phenoxy) is 1. The molecule has 0 aromatic heterocycles. The van der Waals surface area contributed by atoms with Crippen molar-refractivity contribution in [2.45, 2.75) is 32.9 Å². The van der Waals surface area contributed by atoms with Crippen LogP contribution in [-0.4, -0.2) is 36.1 Å². The first-order valence-electron chi connectivity index (χ1n) is 9.55. The number of nitro groups is 1. The molecule has 170 valence electrons. The summed E-state index contributed by atoms with van der Waals surface area (Å²) in [6.07, 6.45) is 0. The third-order valence-corrected chi connectivity index (χ3v) is 4.41. The van der Waals surface area contributed by atoms with Gasteiger partial charge < -0.3 is 20.7 Å². The first kappa shape index (κ1) is 26.7. The highest BCUT2D eigenvalue weighted by Crippen LogP contribution is 2.23. The van der Waals surface area contributed by atoms with E-state index >= 15 is 0 Å². The number of rotatable bonds is 10. The van der Waals surface area contributed by atoms with Gasteiger partial charge in [0, 0.05) is 53.0 Å². The molecule has 2 rings (SSSR count). The van der Waals surface area contributed by atoms with E-state index in [1.807, 2.05) is 39.0 Å². The summed E-state index contributed by atoms with van der Waals surface area (Å²) in [5, 5.41) is 20.1. The first-order valence-corrected chi connectivity index (χ1v) is 10.3. The zero-order valence-electron chi connectivity index (χ0n) is 17.7. The molecule has 2 aromatic rings. The molecule has 0 unspecified atom stereocenters. The molecule has 31 heavy (non-hydrogen) atoms. The number of halogens is 2. The SMILES string of the molecule is CC(C)(C)NC(=O)COc1ccc(Br)cc1CNCCNc1ccc([N+](=O)[O-])cc1.Cl. The Morgan fingerprint density at radius 1 is 1.13 bits per heavy atom. The second-order valence-corrected chi connectivity index (χ2v) is 8.66. The van der Waals surface area contributed by atoms with Crippen LogP contribution >= 0.6 is 28.3 Å². The molecule has 10 heteroatoms. The van der Waals surface area contributed by atoms with E-state index < -0.39 is 4.92 Å². The number of carbonyl (C=O) groups is 1. The number of nitrogens with zero attached hydrogens (tertiary/aromatic N) is 1. The van der Waals surface area contributed by atoms with Gasteiger partial charge in [-0.25, -0.2) is 0 Å². The van der Waals surface area contributed by atoms with Gasteiger partial charge >= 0.3 is 0 Å². The first-order chi connectivity index (χ1) is 14.1. The number of hydrogen-bond acceptors (Lipinski definition) is 6. The standard InChI is InChI=1S/C21H27BrN4O4.ClH/c1-21(2,3)25-20(27)14-30-19-9-4-16(22)12-15(19)13-23-10-11-24-17-5-7-18(8-6-17)26(28)29;/h4-9,12,23-24H,10-11,13-14H2,1-3H3,(H,25,27);1H. The number of hydrogen-bond donors (Lipinski definition) is 3. The predicted molar refractivity (Wildman–Crippen MR) is 128 cm³/mol. The largest absolute Gasteiger partial charge is 0.483 e. The lowest BCUT2D eigenvalue weighted by atomic mass is 10.1. The van der Waals surface area contributed by atoms with Gasteiger partial charge in [-0.15, -0.1) is 12.4 Å². The van der Waals surface area contributed by atoms with E-state index in [1.54, 1.807) is 12.1 Å². The Kier molecular flexibility index (Phi) is 10.7. The number of amides is 1. The molecule has 0 saturated carbocycles. The Bertz CT molecular complexity index is 873. The van der Waals surface area contributed by atoms with Gasteiger partial charge in [-0.05, 0) is 51.1 Å². The van der Waals surface area contributed by atoms with E-state index in [0.29, 0.717) is 25.4 Å². The zero-order valence-corrected chi connectivity index (χ0v) is 20.1. The molecule has 0 spiro atoms. The minimum atomic E-state index is -0.421. The maximum absolute atomic E-state index is 12.0. The minimum Gasteiger partial charge on any atom is -0.483 e. The van der Waals surface area contributed by atoms with E-state index in [2.05, 4.69) is 31.9 Å². The molecule has 0 saturated heterocycles. The zero-order chi connectivity index (χ0) is 22.1. The summed E-state index contributed by atoms with van der Waals surface area (Å²) < 4.78 is 6.64. The molecule has 0 fully saturated rings. The van der Waals surface area contributed by atoms with Crippen molar-refractivity contribution < 1.29 is 14.5 Å². The summed E-state index contributed by atoms with van der Waals surface area (Å²) in [6.45, 7) is 7.61. The van der Waals surface area contributed by atoms with Crippen LogP contribution in [0.2, 0.25) is 0 Å². The van der Waals surface area contributed by atoms with Gasteiger partial charge in [-0.3, -0.25) is 14.9 Å². The van der Waals surface area contributed by atoms with Crippen LogP contribution in [-0.2, 0) is 11.3 Å². The van der Waals surface area contributed by atoms with Crippen LogP contribution in [0, 0.1) is 10.1 Å². The minimum absolute atomic E-state index is 0. The smallest absolute Gasteiger partial charge is 0.269 e. The van der Waals surface area contributed by atoms with Crippen LogP contribution in [0.15, 0.2) is 46.9 Å². The fourth-order valence-electron chi connectivity index (χ4n) is 2.64. The summed E-state index contributed by atoms with van der Waals surface area (Å²) in [7, 11) is 0. The van der Waals surface area contributed by atoms with Crippen molar-refractivity contribution in [2.24, 2.45) is 0 Å². The van der Waals surface area contributed by atoms with Crippen LogP contribution in [0.1, 0.15) is 26.3 Å². The maximum Gasteiger partial charge on any atom is 0.269 e. The van der Waals surface area contributed by atoms with Gasteiger partial charge in [0.1, 0.15) is 5.75 Å². The highest BCUT2D eigenvalue weighted by molar-refractivity contribution is 9.10. The molecule has 0 aliphatic heterocycles. The van der Waals surface area contributed by atoms with E-state index in [-0.39, 0.29) is 36.1 Å². The number of nitro benzene ring substituents is 1. The Morgan fingerprint density at radius 3 is 2.42 bits per heavy atom. The topological polar surface area (TPSA) is 106 Å². The molecule has 8 nitrogen and oxygen atoms in total. The van der Waals surface area contributed by atoms with Crippen molar-refractivity contribution in [3.8, 4) is 5.75 Å². The Labute approximate surface area is 196 Å². The lowest BCUT2D eigenvalue weighted by Gasteiger charge is -2.21. The number of benzene rings is 2. The molecular weight excluding hydrogens is 488 g/mol. The molecule has 0 aliphatic rings. The summed E-state index contributed by atoms with van der Waals surface area (Å²) in [4.78, 5) is 22.3. The molecule has 3 N–H and O–H groups in total. The van der Waals surface area contributed by atoms with Crippen molar-refractivity contribution >= 4 is 45.6 Å². The molecule has 0 aliphatic carbocycles. The quantitative estimate of drug-likeness (QED) is 0.248. The molecule has 0 radical (unpaired) electrons. The second-order valence-electron chi connectivity index (χ2n) is 7.75. The number of nitrogens with one attached hydrogen (secondary N) is 3. The monoisotopic (exact) mass is 514 g/mol. The van der Waals surface area contributed by atoms with Crippen LogP contribution in [0.5, 0.6) is 5.75 Å². The fraction of sp³-hybridized carbons (Fsp3) is 0.381. The number of carbonyl (C=O) groups excluding carboxylic acids is 1. The molecule has 0 bridgehead atoms. The van der Waals surface area contributed by atoms with Crippen molar-refractivity contribution in [3.05, 3.63) is 62.6 Å². The van der Waals surface area contributed by atoms with Crippen molar-refractivity contribution in [1.29, 1.82) is 0 Å². The fourth-order valence-corrected chi connectivity index (χ4v) is 3.05. The van der Waals surface area contributed by atoms with Crippen molar-refractivity contribution in [2.75, 3.05) is 25.0 Å². The Balaban J connectivity index is 0.00000480. The van der Waals surface area contributed by atoms with Gasteiger partial charge in [-0.1, -0.05) is 15.9 Å². The van der Waals surface area contributed by atoms with Crippen LogP contribution < -0.4 is 20.7 Å². The summed E-state index contributed by atoms with van der Waals surface area (Å²) in [5.41, 5.74) is 1.51. The average molecular weight is 516 g/mol. The van der Waals surface area contributed by atoms with Gasteiger partial charge in [0.2, 0.25) is 0 Å². The molecule has 2 aromatic carbocycles. The van der Waals surface area contributed by atoms with Crippen molar-refractivity contribution in [3.63, 3.8) is 0 Å². The highest BCUT2D eigenvalue weighted by Gasteiger charge is 2.15. The van der Waals surface area contributed by atoms with E-state index in [1.165, 1.54) is 12.1 Å².